The number of hydrogen-bond donors (Lipinski definition) is 1. The first-order valence-electron chi connectivity index (χ1n) is 10.0. The summed E-state index contributed by atoms with van der Waals surface area (Å²) in [6, 6.07) is 5.88. The van der Waals surface area contributed by atoms with E-state index in [1.54, 1.807) is 12.5 Å². The summed E-state index contributed by atoms with van der Waals surface area (Å²) in [5, 5.41) is 7.42. The summed E-state index contributed by atoms with van der Waals surface area (Å²) < 4.78 is 10.7. The predicted molar refractivity (Wildman–Crippen MR) is 124 cm³/mol. The normalized spacial score (nSPS) is 15.1. The van der Waals surface area contributed by atoms with Crippen LogP contribution < -0.4 is 10.1 Å². The Balaban J connectivity index is 0.00000300. The molecule has 0 saturated carbocycles. The lowest BCUT2D eigenvalue weighted by molar-refractivity contribution is 0.169. The lowest BCUT2D eigenvalue weighted by Gasteiger charge is -2.36. The van der Waals surface area contributed by atoms with E-state index in [0.29, 0.717) is 19.0 Å². The number of nitrogens with zero attached hydrogens (tertiary/aromatic N) is 5. The molecule has 1 fully saturated rings. The van der Waals surface area contributed by atoms with Gasteiger partial charge in [0.2, 0.25) is 5.88 Å². The van der Waals surface area contributed by atoms with E-state index in [-0.39, 0.29) is 24.0 Å². The largest absolute Gasteiger partial charge is 0.477 e. The Labute approximate surface area is 189 Å². The molecular weight excluding hydrogens is 483 g/mol. The molecule has 1 aliphatic heterocycles. The molecule has 0 aliphatic carbocycles. The number of rotatable bonds is 8. The molecule has 29 heavy (non-hydrogen) atoms. The fourth-order valence-corrected chi connectivity index (χ4v) is 3.13. The van der Waals surface area contributed by atoms with E-state index in [9.17, 15) is 0 Å². The minimum atomic E-state index is 0. The monoisotopic (exact) mass is 514 g/mol. The smallest absolute Gasteiger partial charge is 0.218 e. The van der Waals surface area contributed by atoms with Crippen LogP contribution in [0.25, 0.3) is 0 Å². The molecule has 3 heterocycles. The second-order valence-electron chi connectivity index (χ2n) is 6.74. The molecule has 2 aromatic rings. The molecule has 1 aliphatic rings. The van der Waals surface area contributed by atoms with Crippen LogP contribution in [0.4, 0.5) is 0 Å². The molecule has 0 unspecified atom stereocenters. The van der Waals surface area contributed by atoms with Gasteiger partial charge in [0, 0.05) is 57.1 Å². The summed E-state index contributed by atoms with van der Waals surface area (Å²) in [7, 11) is 0. The van der Waals surface area contributed by atoms with Crippen molar-refractivity contribution >= 4 is 29.9 Å². The standard InChI is InChI=1S/C20H30N6O2.HI/c1-3-13-27-19-17(6-5-8-22-19)15-23-20(21-4-2)26-11-9-25(10-12-26)16-18-7-14-28-24-18;/h5-8,14H,3-4,9-13,15-16H2,1-2H3,(H,21,23);1H. The lowest BCUT2D eigenvalue weighted by Crippen LogP contribution is -2.52. The maximum absolute atomic E-state index is 5.75. The van der Waals surface area contributed by atoms with Crippen molar-refractivity contribution in [3.05, 3.63) is 41.9 Å². The molecule has 0 amide bonds. The van der Waals surface area contributed by atoms with Crippen LogP contribution in [0.5, 0.6) is 5.88 Å². The Morgan fingerprint density at radius 1 is 1.24 bits per heavy atom. The zero-order chi connectivity index (χ0) is 19.6. The Hall–Kier alpha value is -1.88. The third-order valence-electron chi connectivity index (χ3n) is 4.58. The van der Waals surface area contributed by atoms with Gasteiger partial charge in [-0.15, -0.1) is 24.0 Å². The van der Waals surface area contributed by atoms with Crippen molar-refractivity contribution in [2.75, 3.05) is 39.3 Å². The van der Waals surface area contributed by atoms with Gasteiger partial charge in [-0.25, -0.2) is 9.98 Å². The molecule has 0 radical (unpaired) electrons. The summed E-state index contributed by atoms with van der Waals surface area (Å²) in [5.74, 6) is 1.62. The third-order valence-corrected chi connectivity index (χ3v) is 4.58. The Kier molecular flexibility index (Phi) is 10.2. The average Bonchev–Trinajstić information content (AvgIpc) is 3.24. The zero-order valence-electron chi connectivity index (χ0n) is 17.2. The lowest BCUT2D eigenvalue weighted by atomic mass is 10.2. The van der Waals surface area contributed by atoms with Crippen LogP contribution in [0, 0.1) is 0 Å². The summed E-state index contributed by atoms with van der Waals surface area (Å²) in [5.41, 5.74) is 1.99. The predicted octanol–water partition coefficient (Wildman–Crippen LogP) is 2.76. The van der Waals surface area contributed by atoms with E-state index in [1.165, 1.54) is 0 Å². The van der Waals surface area contributed by atoms with Gasteiger partial charge < -0.3 is 19.5 Å². The second kappa shape index (κ2) is 12.6. The average molecular weight is 514 g/mol. The molecule has 0 bridgehead atoms. The van der Waals surface area contributed by atoms with Crippen LogP contribution in [0.1, 0.15) is 31.5 Å². The number of nitrogens with one attached hydrogen (secondary N) is 1. The zero-order valence-corrected chi connectivity index (χ0v) is 19.5. The van der Waals surface area contributed by atoms with Crippen LogP contribution in [-0.2, 0) is 13.1 Å². The highest BCUT2D eigenvalue weighted by Gasteiger charge is 2.20. The maximum atomic E-state index is 5.75. The minimum absolute atomic E-state index is 0. The summed E-state index contributed by atoms with van der Waals surface area (Å²) in [6.45, 7) is 10.9. The minimum Gasteiger partial charge on any atom is -0.477 e. The molecule has 0 aromatic carbocycles. The van der Waals surface area contributed by atoms with Crippen molar-refractivity contribution in [2.24, 2.45) is 4.99 Å². The van der Waals surface area contributed by atoms with Gasteiger partial charge in [-0.2, -0.15) is 0 Å². The van der Waals surface area contributed by atoms with Gasteiger partial charge in [0.05, 0.1) is 18.8 Å². The number of guanidine groups is 1. The van der Waals surface area contributed by atoms with E-state index in [4.69, 9.17) is 14.3 Å². The van der Waals surface area contributed by atoms with Crippen molar-refractivity contribution < 1.29 is 9.26 Å². The number of pyridine rings is 1. The highest BCUT2D eigenvalue weighted by atomic mass is 127. The Morgan fingerprint density at radius 3 is 2.76 bits per heavy atom. The van der Waals surface area contributed by atoms with Gasteiger partial charge in [-0.05, 0) is 19.4 Å². The molecule has 9 heteroatoms. The van der Waals surface area contributed by atoms with E-state index in [1.807, 2.05) is 18.2 Å². The number of halogens is 1. The van der Waals surface area contributed by atoms with Crippen LogP contribution in [0.2, 0.25) is 0 Å². The van der Waals surface area contributed by atoms with E-state index >= 15 is 0 Å². The summed E-state index contributed by atoms with van der Waals surface area (Å²) >= 11 is 0. The van der Waals surface area contributed by atoms with Gasteiger partial charge in [-0.3, -0.25) is 4.90 Å². The van der Waals surface area contributed by atoms with Gasteiger partial charge in [0.25, 0.3) is 0 Å². The number of aromatic nitrogens is 2. The molecule has 0 atom stereocenters. The van der Waals surface area contributed by atoms with Crippen LogP contribution in [0.3, 0.4) is 0 Å². The highest BCUT2D eigenvalue weighted by molar-refractivity contribution is 14.0. The third kappa shape index (κ3) is 7.14. The van der Waals surface area contributed by atoms with Crippen LogP contribution in [0.15, 0.2) is 40.2 Å². The van der Waals surface area contributed by atoms with Gasteiger partial charge in [0.15, 0.2) is 5.96 Å². The Bertz CT molecular complexity index is 732. The van der Waals surface area contributed by atoms with Gasteiger partial charge >= 0.3 is 0 Å². The molecule has 1 N–H and O–H groups in total. The SMILES string of the molecule is CCCOc1ncccc1CN=C(NCC)N1CCN(Cc2ccon2)CC1.I. The molecule has 0 spiro atoms. The molecule has 1 saturated heterocycles. The summed E-state index contributed by atoms with van der Waals surface area (Å²) in [6.07, 6.45) is 4.34. The maximum Gasteiger partial charge on any atom is 0.218 e. The molecule has 160 valence electrons. The van der Waals surface area contributed by atoms with Crippen molar-refractivity contribution in [3.63, 3.8) is 0 Å². The van der Waals surface area contributed by atoms with Crippen LogP contribution in [-0.4, -0.2) is 65.2 Å². The number of hydrogen-bond acceptors (Lipinski definition) is 6. The second-order valence-corrected chi connectivity index (χ2v) is 6.74. The first-order chi connectivity index (χ1) is 13.8. The molecule has 8 nitrogen and oxygen atoms in total. The van der Waals surface area contributed by atoms with E-state index in [0.717, 1.165) is 62.9 Å². The molecule has 3 rings (SSSR count). The first-order valence-corrected chi connectivity index (χ1v) is 10.0. The number of ether oxygens (including phenoxy) is 1. The quantitative estimate of drug-likeness (QED) is 0.330. The highest BCUT2D eigenvalue weighted by Crippen LogP contribution is 2.16. The molecule has 2 aromatic heterocycles. The fourth-order valence-electron chi connectivity index (χ4n) is 3.13. The van der Waals surface area contributed by atoms with Crippen molar-refractivity contribution in [1.82, 2.24) is 25.3 Å². The van der Waals surface area contributed by atoms with Crippen molar-refractivity contribution in [1.29, 1.82) is 0 Å². The van der Waals surface area contributed by atoms with Gasteiger partial charge in [-0.1, -0.05) is 18.1 Å². The number of piperazine rings is 1. The molecular formula is C20H31IN6O2. The van der Waals surface area contributed by atoms with Crippen molar-refractivity contribution in [3.8, 4) is 5.88 Å². The van der Waals surface area contributed by atoms with E-state index in [2.05, 4.69) is 39.1 Å². The topological polar surface area (TPSA) is 79.0 Å². The number of aliphatic imine (C=N–C) groups is 1. The van der Waals surface area contributed by atoms with Crippen molar-refractivity contribution in [2.45, 2.75) is 33.4 Å². The fraction of sp³-hybridized carbons (Fsp3) is 0.550. The van der Waals surface area contributed by atoms with E-state index < -0.39 is 0 Å². The summed E-state index contributed by atoms with van der Waals surface area (Å²) in [4.78, 5) is 13.9. The van der Waals surface area contributed by atoms with Crippen LogP contribution >= 0.6 is 24.0 Å². The van der Waals surface area contributed by atoms with Gasteiger partial charge in [0.1, 0.15) is 6.26 Å². The Morgan fingerprint density at radius 2 is 2.07 bits per heavy atom. The first kappa shape index (κ1) is 23.4.